The highest BCUT2D eigenvalue weighted by Crippen LogP contribution is 2.43. The van der Waals surface area contributed by atoms with Gasteiger partial charge < -0.3 is 10.2 Å². The Morgan fingerprint density at radius 1 is 1.23 bits per heavy atom. The van der Waals surface area contributed by atoms with Crippen molar-refractivity contribution in [3.63, 3.8) is 0 Å². The van der Waals surface area contributed by atoms with Gasteiger partial charge in [0.05, 0.1) is 12.6 Å². The zero-order valence-electron chi connectivity index (χ0n) is 18.4. The van der Waals surface area contributed by atoms with Gasteiger partial charge in [-0.3, -0.25) is 14.3 Å². The summed E-state index contributed by atoms with van der Waals surface area (Å²) in [6.07, 6.45) is 8.41. The third-order valence-corrected chi connectivity index (χ3v) is 7.36. The smallest absolute Gasteiger partial charge is 0.250 e. The van der Waals surface area contributed by atoms with E-state index in [0.29, 0.717) is 18.3 Å². The van der Waals surface area contributed by atoms with Gasteiger partial charge in [-0.05, 0) is 61.8 Å². The zero-order valence-corrected chi connectivity index (χ0v) is 18.4. The summed E-state index contributed by atoms with van der Waals surface area (Å²) in [6, 6.07) is 1.19. The number of carbonyl (C=O) groups is 2. The fraction of sp³-hybridized carbons (Fsp3) is 0.783. The molecule has 3 fully saturated rings. The first-order valence-corrected chi connectivity index (χ1v) is 11.4. The minimum atomic E-state index is -1.23. The lowest BCUT2D eigenvalue weighted by Crippen LogP contribution is -2.55. The Morgan fingerprint density at radius 3 is 2.60 bits per heavy atom. The summed E-state index contributed by atoms with van der Waals surface area (Å²) in [4.78, 5) is 27.5. The fourth-order valence-electron chi connectivity index (χ4n) is 6.16. The maximum absolute atomic E-state index is 14.7. The van der Waals surface area contributed by atoms with Crippen LogP contribution in [0.3, 0.4) is 0 Å². The van der Waals surface area contributed by atoms with Crippen molar-refractivity contribution in [1.29, 1.82) is 0 Å². The van der Waals surface area contributed by atoms with E-state index >= 15 is 0 Å². The second-order valence-corrected chi connectivity index (χ2v) is 10.7. The minimum absolute atomic E-state index is 0.0420. The van der Waals surface area contributed by atoms with Gasteiger partial charge in [0, 0.05) is 25.4 Å². The number of rotatable bonds is 5. The summed E-state index contributed by atoms with van der Waals surface area (Å²) < 4.78 is 16.5. The molecule has 6 nitrogen and oxygen atoms in total. The standard InChI is InChI=1S/C23H35FN4O2/c1-16-10-17(13-22(2,3)12-16)11-20(29)26-19-15-27(14-18(19)24)21(30)23(6-4-7-23)28-9-5-8-25-28/h5,8-9,16-19H,4,6-7,10-15H2,1-3H3,(H,26,29)/t16?,17?,18-,19+/m0/s1. The van der Waals surface area contributed by atoms with Gasteiger partial charge in [-0.2, -0.15) is 5.10 Å². The van der Waals surface area contributed by atoms with Crippen molar-refractivity contribution in [2.75, 3.05) is 13.1 Å². The van der Waals surface area contributed by atoms with E-state index in [4.69, 9.17) is 0 Å². The first-order valence-electron chi connectivity index (χ1n) is 11.4. The molecule has 2 heterocycles. The molecule has 0 radical (unpaired) electrons. The topological polar surface area (TPSA) is 67.2 Å². The Bertz CT molecular complexity index is 774. The maximum Gasteiger partial charge on any atom is 0.250 e. The third-order valence-electron chi connectivity index (χ3n) is 7.36. The average molecular weight is 419 g/mol. The summed E-state index contributed by atoms with van der Waals surface area (Å²) in [7, 11) is 0. The number of carbonyl (C=O) groups excluding carboxylic acids is 2. The molecular weight excluding hydrogens is 383 g/mol. The van der Waals surface area contributed by atoms with Gasteiger partial charge >= 0.3 is 0 Å². The van der Waals surface area contributed by atoms with E-state index in [-0.39, 0.29) is 30.3 Å². The van der Waals surface area contributed by atoms with Crippen molar-refractivity contribution in [3.8, 4) is 0 Å². The van der Waals surface area contributed by atoms with Crippen LogP contribution in [0.5, 0.6) is 0 Å². The molecule has 1 aliphatic heterocycles. The van der Waals surface area contributed by atoms with Gasteiger partial charge in [0.2, 0.25) is 5.91 Å². The van der Waals surface area contributed by atoms with Crippen LogP contribution in [0.1, 0.15) is 65.7 Å². The van der Waals surface area contributed by atoms with Gasteiger partial charge in [-0.1, -0.05) is 20.8 Å². The number of amides is 2. The van der Waals surface area contributed by atoms with Gasteiger partial charge in [0.15, 0.2) is 0 Å². The van der Waals surface area contributed by atoms with Crippen LogP contribution in [0.25, 0.3) is 0 Å². The monoisotopic (exact) mass is 418 g/mol. The van der Waals surface area contributed by atoms with Crippen LogP contribution in [0.4, 0.5) is 4.39 Å². The Hall–Kier alpha value is -1.92. The predicted molar refractivity (Wildman–Crippen MR) is 112 cm³/mol. The fourth-order valence-corrected chi connectivity index (χ4v) is 6.16. The van der Waals surface area contributed by atoms with E-state index in [9.17, 15) is 14.0 Å². The van der Waals surface area contributed by atoms with Gasteiger partial charge in [0.25, 0.3) is 5.91 Å². The van der Waals surface area contributed by atoms with E-state index in [1.54, 1.807) is 15.8 Å². The number of likely N-dealkylation sites (tertiary alicyclic amines) is 1. The molecule has 30 heavy (non-hydrogen) atoms. The molecule has 166 valence electrons. The van der Waals surface area contributed by atoms with Crippen LogP contribution in [-0.2, 0) is 15.1 Å². The van der Waals surface area contributed by atoms with Crippen LogP contribution in [0, 0.1) is 17.3 Å². The number of nitrogens with zero attached hydrogens (tertiary/aromatic N) is 3. The SMILES string of the molecule is CC1CC(CC(=O)N[C@@H]2CN(C(=O)C3(n4cccn4)CCC3)C[C@@H]2F)CC(C)(C)C1. The molecule has 1 aromatic rings. The second kappa shape index (κ2) is 7.97. The van der Waals surface area contributed by atoms with Gasteiger partial charge in [0.1, 0.15) is 11.7 Å². The summed E-state index contributed by atoms with van der Waals surface area (Å²) in [6.45, 7) is 7.06. The van der Waals surface area contributed by atoms with Crippen LogP contribution >= 0.6 is 0 Å². The first kappa shape index (κ1) is 21.3. The molecule has 3 aliphatic rings. The lowest BCUT2D eigenvalue weighted by Gasteiger charge is -2.42. The van der Waals surface area contributed by atoms with E-state index < -0.39 is 17.8 Å². The first-order chi connectivity index (χ1) is 14.2. The zero-order chi connectivity index (χ0) is 21.5. The van der Waals surface area contributed by atoms with Gasteiger partial charge in [-0.15, -0.1) is 0 Å². The molecule has 2 amide bonds. The second-order valence-electron chi connectivity index (χ2n) is 10.7. The molecular formula is C23H35FN4O2. The number of aromatic nitrogens is 2. The number of hydrogen-bond acceptors (Lipinski definition) is 3. The summed E-state index contributed by atoms with van der Waals surface area (Å²) in [5, 5.41) is 7.17. The van der Waals surface area contributed by atoms with Crippen molar-refractivity contribution in [2.24, 2.45) is 17.3 Å². The Kier molecular flexibility index (Phi) is 5.66. The molecule has 0 bridgehead atoms. The highest BCUT2D eigenvalue weighted by molar-refractivity contribution is 5.86. The highest BCUT2D eigenvalue weighted by atomic mass is 19.1. The lowest BCUT2D eigenvalue weighted by atomic mass is 9.67. The van der Waals surface area contributed by atoms with Crippen LogP contribution < -0.4 is 5.32 Å². The molecule has 0 aromatic carbocycles. The predicted octanol–water partition coefficient (Wildman–Crippen LogP) is 3.28. The molecule has 4 rings (SSSR count). The molecule has 2 aliphatic carbocycles. The minimum Gasteiger partial charge on any atom is -0.349 e. The van der Waals surface area contributed by atoms with Gasteiger partial charge in [-0.25, -0.2) is 4.39 Å². The highest BCUT2D eigenvalue weighted by Gasteiger charge is 2.51. The Balaban J connectivity index is 1.34. The van der Waals surface area contributed by atoms with Crippen molar-refractivity contribution in [2.45, 2.75) is 83.5 Å². The molecule has 0 spiro atoms. The van der Waals surface area contributed by atoms with Crippen molar-refractivity contribution >= 4 is 11.8 Å². The van der Waals surface area contributed by atoms with E-state index in [2.05, 4.69) is 31.2 Å². The summed E-state index contributed by atoms with van der Waals surface area (Å²) in [5.74, 6) is 0.803. The maximum atomic E-state index is 14.7. The van der Waals surface area contributed by atoms with Crippen molar-refractivity contribution < 1.29 is 14.0 Å². The van der Waals surface area contributed by atoms with Crippen molar-refractivity contribution in [1.82, 2.24) is 20.0 Å². The number of alkyl halides is 1. The van der Waals surface area contributed by atoms with Crippen LogP contribution in [0.2, 0.25) is 0 Å². The molecule has 2 unspecified atom stereocenters. The molecule has 4 atom stereocenters. The summed E-state index contributed by atoms with van der Waals surface area (Å²) >= 11 is 0. The van der Waals surface area contributed by atoms with Crippen LogP contribution in [-0.4, -0.2) is 51.8 Å². The Morgan fingerprint density at radius 2 is 2.00 bits per heavy atom. The van der Waals surface area contributed by atoms with Crippen LogP contribution in [0.15, 0.2) is 18.5 Å². The van der Waals surface area contributed by atoms with Crippen molar-refractivity contribution in [3.05, 3.63) is 18.5 Å². The summed E-state index contributed by atoms with van der Waals surface area (Å²) in [5.41, 5.74) is -0.419. The lowest BCUT2D eigenvalue weighted by molar-refractivity contribution is -0.145. The average Bonchev–Trinajstić information content (AvgIpc) is 3.23. The Labute approximate surface area is 178 Å². The quantitative estimate of drug-likeness (QED) is 0.798. The number of halogens is 1. The third kappa shape index (κ3) is 4.12. The molecule has 1 saturated heterocycles. The molecule has 2 saturated carbocycles. The molecule has 1 aromatic heterocycles. The van der Waals surface area contributed by atoms with E-state index in [1.165, 1.54) is 6.42 Å². The number of hydrogen-bond donors (Lipinski definition) is 1. The normalized spacial score (nSPS) is 32.5. The van der Waals surface area contributed by atoms with E-state index in [1.807, 2.05) is 12.3 Å². The largest absolute Gasteiger partial charge is 0.349 e. The number of nitrogens with one attached hydrogen (secondary N) is 1. The molecule has 1 N–H and O–H groups in total. The van der Waals surface area contributed by atoms with E-state index in [0.717, 1.165) is 32.1 Å². The molecule has 7 heteroatoms.